The van der Waals surface area contributed by atoms with Crippen LogP contribution in [-0.4, -0.2) is 11.1 Å². The molecule has 1 rings (SSSR count). The Morgan fingerprint density at radius 2 is 2.27 bits per heavy atom. The molecule has 0 fully saturated rings. The van der Waals surface area contributed by atoms with Crippen molar-refractivity contribution in [2.75, 3.05) is 0 Å². The Bertz CT molecular complexity index is 405. The van der Waals surface area contributed by atoms with Crippen molar-refractivity contribution >= 4 is 5.97 Å². The highest BCUT2D eigenvalue weighted by Crippen LogP contribution is 2.16. The summed E-state index contributed by atoms with van der Waals surface area (Å²) in [5, 5.41) is 17.3. The van der Waals surface area contributed by atoms with Gasteiger partial charge in [0.15, 0.2) is 0 Å². The highest BCUT2D eigenvalue weighted by Gasteiger charge is 2.08. The van der Waals surface area contributed by atoms with E-state index in [0.717, 1.165) is 16.7 Å². The van der Waals surface area contributed by atoms with Gasteiger partial charge in [-0.3, -0.25) is 4.79 Å². The van der Waals surface area contributed by atoms with Crippen LogP contribution in [0, 0.1) is 18.3 Å². The van der Waals surface area contributed by atoms with Gasteiger partial charge in [-0.1, -0.05) is 18.2 Å². The average molecular weight is 203 g/mol. The zero-order valence-electron chi connectivity index (χ0n) is 8.66. The van der Waals surface area contributed by atoms with Gasteiger partial charge in [0, 0.05) is 6.42 Å². The van der Waals surface area contributed by atoms with Crippen molar-refractivity contribution in [1.82, 2.24) is 0 Å². The van der Waals surface area contributed by atoms with E-state index in [-0.39, 0.29) is 6.42 Å². The van der Waals surface area contributed by atoms with Gasteiger partial charge < -0.3 is 5.11 Å². The van der Waals surface area contributed by atoms with Crippen LogP contribution in [0.5, 0.6) is 0 Å². The topological polar surface area (TPSA) is 61.1 Å². The second kappa shape index (κ2) is 5.16. The number of benzene rings is 1. The number of carboxylic acids is 1. The van der Waals surface area contributed by atoms with Gasteiger partial charge >= 0.3 is 5.97 Å². The van der Waals surface area contributed by atoms with Gasteiger partial charge in [0.1, 0.15) is 0 Å². The van der Waals surface area contributed by atoms with Gasteiger partial charge in [0.05, 0.1) is 12.5 Å². The lowest BCUT2D eigenvalue weighted by atomic mass is 9.96. The summed E-state index contributed by atoms with van der Waals surface area (Å²) in [5.41, 5.74) is 2.88. The van der Waals surface area contributed by atoms with Crippen LogP contribution in [0.4, 0.5) is 0 Å². The van der Waals surface area contributed by atoms with Gasteiger partial charge in [-0.25, -0.2) is 0 Å². The lowest BCUT2D eigenvalue weighted by molar-refractivity contribution is -0.136. The quantitative estimate of drug-likeness (QED) is 0.814. The normalized spacial score (nSPS) is 9.60. The minimum atomic E-state index is -0.834. The third-order valence-electron chi connectivity index (χ3n) is 2.34. The van der Waals surface area contributed by atoms with E-state index >= 15 is 0 Å². The van der Waals surface area contributed by atoms with Crippen LogP contribution in [-0.2, 0) is 17.6 Å². The third kappa shape index (κ3) is 3.10. The number of hydrogen-bond acceptors (Lipinski definition) is 2. The van der Waals surface area contributed by atoms with Crippen molar-refractivity contribution in [1.29, 1.82) is 5.26 Å². The molecule has 3 heteroatoms. The Hall–Kier alpha value is -1.82. The Balaban J connectivity index is 2.98. The fraction of sp³-hybridized carbons (Fsp3) is 0.333. The maximum atomic E-state index is 10.6. The maximum absolute atomic E-state index is 10.6. The molecule has 0 aromatic heterocycles. The van der Waals surface area contributed by atoms with Crippen LogP contribution in [0.1, 0.15) is 23.1 Å². The molecule has 0 amide bonds. The molecule has 0 heterocycles. The van der Waals surface area contributed by atoms with E-state index < -0.39 is 5.97 Å². The summed E-state index contributed by atoms with van der Waals surface area (Å²) in [4.78, 5) is 10.6. The second-order valence-electron chi connectivity index (χ2n) is 3.44. The highest BCUT2D eigenvalue weighted by molar-refractivity contribution is 5.71. The summed E-state index contributed by atoms with van der Waals surface area (Å²) in [6.07, 6.45) is 1.09. The standard InChI is InChI=1S/C12H13NO2/c1-9-4-2-5-10(8-12(14)15)11(9)6-3-7-13/h2,4-5H,3,6,8H2,1H3,(H,14,15). The largest absolute Gasteiger partial charge is 0.481 e. The van der Waals surface area contributed by atoms with E-state index in [9.17, 15) is 4.79 Å². The van der Waals surface area contributed by atoms with Crippen LogP contribution in [0.3, 0.4) is 0 Å². The summed E-state index contributed by atoms with van der Waals surface area (Å²) in [6, 6.07) is 7.68. The van der Waals surface area contributed by atoms with Gasteiger partial charge in [0.2, 0.25) is 0 Å². The summed E-state index contributed by atoms with van der Waals surface area (Å²) in [6.45, 7) is 1.94. The van der Waals surface area contributed by atoms with Gasteiger partial charge in [-0.15, -0.1) is 0 Å². The minimum Gasteiger partial charge on any atom is -0.481 e. The Morgan fingerprint density at radius 3 is 2.87 bits per heavy atom. The molecule has 78 valence electrons. The van der Waals surface area contributed by atoms with Crippen molar-refractivity contribution in [2.24, 2.45) is 0 Å². The lowest BCUT2D eigenvalue weighted by Crippen LogP contribution is -2.05. The number of aliphatic carboxylic acids is 1. The van der Waals surface area contributed by atoms with E-state index in [1.807, 2.05) is 25.1 Å². The molecule has 0 bridgehead atoms. The van der Waals surface area contributed by atoms with E-state index in [1.54, 1.807) is 0 Å². The van der Waals surface area contributed by atoms with Crippen molar-refractivity contribution in [3.63, 3.8) is 0 Å². The minimum absolute atomic E-state index is 0.0302. The van der Waals surface area contributed by atoms with Crippen LogP contribution in [0.25, 0.3) is 0 Å². The number of hydrogen-bond donors (Lipinski definition) is 1. The van der Waals surface area contributed by atoms with E-state index in [0.29, 0.717) is 12.8 Å². The zero-order valence-corrected chi connectivity index (χ0v) is 8.66. The fourth-order valence-corrected chi connectivity index (χ4v) is 1.63. The molecular weight excluding hydrogens is 190 g/mol. The Morgan fingerprint density at radius 1 is 1.53 bits per heavy atom. The number of aryl methyl sites for hydroxylation is 1. The average Bonchev–Trinajstić information content (AvgIpc) is 2.16. The summed E-state index contributed by atoms with van der Waals surface area (Å²) in [7, 11) is 0. The van der Waals surface area contributed by atoms with E-state index in [2.05, 4.69) is 6.07 Å². The first-order valence-corrected chi connectivity index (χ1v) is 4.81. The molecular formula is C12H13NO2. The molecule has 0 aliphatic rings. The molecule has 0 atom stereocenters. The monoisotopic (exact) mass is 203 g/mol. The number of nitriles is 1. The maximum Gasteiger partial charge on any atom is 0.307 e. The molecule has 1 N–H and O–H groups in total. The van der Waals surface area contributed by atoms with Crippen molar-refractivity contribution < 1.29 is 9.90 Å². The van der Waals surface area contributed by atoms with Crippen LogP contribution in [0.15, 0.2) is 18.2 Å². The zero-order chi connectivity index (χ0) is 11.3. The second-order valence-corrected chi connectivity index (χ2v) is 3.44. The third-order valence-corrected chi connectivity index (χ3v) is 2.34. The smallest absolute Gasteiger partial charge is 0.307 e. The summed E-state index contributed by atoms with van der Waals surface area (Å²) in [5.74, 6) is -0.834. The SMILES string of the molecule is Cc1cccc(CC(=O)O)c1CCC#N. The van der Waals surface area contributed by atoms with Gasteiger partial charge in [-0.2, -0.15) is 5.26 Å². The van der Waals surface area contributed by atoms with E-state index in [4.69, 9.17) is 10.4 Å². The highest BCUT2D eigenvalue weighted by atomic mass is 16.4. The number of nitrogens with zero attached hydrogens (tertiary/aromatic N) is 1. The molecule has 0 unspecified atom stereocenters. The number of rotatable bonds is 4. The molecule has 0 spiro atoms. The number of carboxylic acid groups (broad SMARTS) is 1. The fourth-order valence-electron chi connectivity index (χ4n) is 1.63. The molecule has 0 aliphatic carbocycles. The molecule has 1 aromatic rings. The lowest BCUT2D eigenvalue weighted by Gasteiger charge is -2.09. The van der Waals surface area contributed by atoms with Crippen LogP contribution < -0.4 is 0 Å². The predicted molar refractivity (Wildman–Crippen MR) is 56.5 cm³/mol. The molecule has 15 heavy (non-hydrogen) atoms. The molecule has 0 saturated carbocycles. The van der Waals surface area contributed by atoms with Crippen LogP contribution >= 0.6 is 0 Å². The van der Waals surface area contributed by atoms with Gasteiger partial charge in [-0.05, 0) is 30.0 Å². The molecule has 0 radical (unpaired) electrons. The van der Waals surface area contributed by atoms with Crippen molar-refractivity contribution in [3.05, 3.63) is 34.9 Å². The number of carbonyl (C=O) groups is 1. The van der Waals surface area contributed by atoms with Crippen molar-refractivity contribution in [3.8, 4) is 6.07 Å². The molecule has 1 aromatic carbocycles. The summed E-state index contributed by atoms with van der Waals surface area (Å²) >= 11 is 0. The first-order chi connectivity index (χ1) is 7.15. The predicted octanol–water partition coefficient (Wildman–Crippen LogP) is 2.08. The molecule has 3 nitrogen and oxygen atoms in total. The molecule has 0 aliphatic heterocycles. The Kier molecular flexibility index (Phi) is 3.87. The van der Waals surface area contributed by atoms with Crippen molar-refractivity contribution in [2.45, 2.75) is 26.2 Å². The first kappa shape index (κ1) is 11.3. The van der Waals surface area contributed by atoms with E-state index in [1.165, 1.54) is 0 Å². The summed E-state index contributed by atoms with van der Waals surface area (Å²) < 4.78 is 0. The van der Waals surface area contributed by atoms with Gasteiger partial charge in [0.25, 0.3) is 0 Å². The van der Waals surface area contributed by atoms with Crippen LogP contribution in [0.2, 0.25) is 0 Å². The Labute approximate surface area is 89.0 Å². The molecule has 0 saturated heterocycles. The first-order valence-electron chi connectivity index (χ1n) is 4.81.